The summed E-state index contributed by atoms with van der Waals surface area (Å²) in [4.78, 5) is 6.95. The van der Waals surface area contributed by atoms with Gasteiger partial charge in [0.25, 0.3) is 6.02 Å². The van der Waals surface area contributed by atoms with Crippen LogP contribution in [0.1, 0.15) is 29.7 Å². The largest absolute Gasteiger partial charge is 0.463 e. The number of aliphatic imine (C=N–C) groups is 1. The van der Waals surface area contributed by atoms with Gasteiger partial charge < -0.3 is 10.1 Å². The van der Waals surface area contributed by atoms with E-state index in [-0.39, 0.29) is 6.04 Å². The first kappa shape index (κ1) is 18.0. The molecule has 5 heteroatoms. The molecular weight excluding hydrogens is 354 g/mol. The SMILES string of the molecule is CC1Cc2ccccc2C1N=C1OCCN1C(=S)NCCc1ccccc1. The molecule has 4 rings (SSSR count). The van der Waals surface area contributed by atoms with Crippen molar-refractivity contribution < 1.29 is 4.74 Å². The zero-order valence-electron chi connectivity index (χ0n) is 15.6. The van der Waals surface area contributed by atoms with Gasteiger partial charge in [-0.25, -0.2) is 4.99 Å². The van der Waals surface area contributed by atoms with Crippen LogP contribution in [0.5, 0.6) is 0 Å². The third-order valence-electron chi connectivity index (χ3n) is 5.26. The zero-order chi connectivity index (χ0) is 18.6. The minimum Gasteiger partial charge on any atom is -0.463 e. The fourth-order valence-corrected chi connectivity index (χ4v) is 4.11. The molecule has 1 N–H and O–H groups in total. The Labute approximate surface area is 166 Å². The van der Waals surface area contributed by atoms with Crippen LogP contribution in [0, 0.1) is 5.92 Å². The number of hydrogen-bond donors (Lipinski definition) is 1. The normalized spacial score (nSPS) is 22.6. The van der Waals surface area contributed by atoms with E-state index in [4.69, 9.17) is 21.9 Å². The lowest BCUT2D eigenvalue weighted by Gasteiger charge is -2.20. The molecule has 2 unspecified atom stereocenters. The summed E-state index contributed by atoms with van der Waals surface area (Å²) >= 11 is 5.61. The first-order chi connectivity index (χ1) is 13.2. The molecule has 2 aromatic rings. The Kier molecular flexibility index (Phi) is 5.39. The number of benzene rings is 2. The Morgan fingerprint density at radius 1 is 1.19 bits per heavy atom. The molecule has 2 aliphatic rings. The predicted molar refractivity (Wildman–Crippen MR) is 113 cm³/mol. The molecule has 1 saturated heterocycles. The molecule has 140 valence electrons. The molecule has 4 nitrogen and oxygen atoms in total. The minimum absolute atomic E-state index is 0.143. The summed E-state index contributed by atoms with van der Waals surface area (Å²) in [5.74, 6) is 0.473. The van der Waals surface area contributed by atoms with Gasteiger partial charge in [0.1, 0.15) is 6.61 Å². The molecule has 0 radical (unpaired) electrons. The summed E-state index contributed by atoms with van der Waals surface area (Å²) in [5.41, 5.74) is 4.01. The number of nitrogens with one attached hydrogen (secondary N) is 1. The molecule has 0 aromatic heterocycles. The third kappa shape index (κ3) is 3.98. The summed E-state index contributed by atoms with van der Waals surface area (Å²) in [6.45, 7) is 4.43. The Hall–Kier alpha value is -2.40. The van der Waals surface area contributed by atoms with Crippen LogP contribution in [0.4, 0.5) is 0 Å². The number of ether oxygens (including phenoxy) is 1. The van der Waals surface area contributed by atoms with Crippen molar-refractivity contribution in [3.8, 4) is 0 Å². The Morgan fingerprint density at radius 3 is 2.81 bits per heavy atom. The molecule has 1 aliphatic heterocycles. The van der Waals surface area contributed by atoms with E-state index >= 15 is 0 Å². The molecule has 1 heterocycles. The lowest BCUT2D eigenvalue weighted by atomic mass is 10.0. The number of rotatable bonds is 4. The van der Waals surface area contributed by atoms with E-state index in [1.165, 1.54) is 16.7 Å². The van der Waals surface area contributed by atoms with Crippen molar-refractivity contribution in [1.82, 2.24) is 10.2 Å². The molecule has 0 spiro atoms. The fourth-order valence-electron chi connectivity index (χ4n) is 3.84. The van der Waals surface area contributed by atoms with Gasteiger partial charge in [-0.3, -0.25) is 4.90 Å². The van der Waals surface area contributed by atoms with Crippen LogP contribution in [-0.4, -0.2) is 35.7 Å². The first-order valence-electron chi connectivity index (χ1n) is 9.60. The van der Waals surface area contributed by atoms with Crippen molar-refractivity contribution in [1.29, 1.82) is 0 Å². The van der Waals surface area contributed by atoms with Gasteiger partial charge in [-0.1, -0.05) is 61.5 Å². The van der Waals surface area contributed by atoms with Gasteiger partial charge in [0, 0.05) is 6.54 Å². The van der Waals surface area contributed by atoms with Gasteiger partial charge in [-0.15, -0.1) is 0 Å². The molecule has 0 saturated carbocycles. The second kappa shape index (κ2) is 8.09. The molecule has 0 amide bonds. The van der Waals surface area contributed by atoms with Crippen LogP contribution in [0.25, 0.3) is 0 Å². The van der Waals surface area contributed by atoms with E-state index in [2.05, 4.69) is 60.8 Å². The Bertz CT molecular complexity index is 836. The predicted octanol–water partition coefficient (Wildman–Crippen LogP) is 3.73. The smallest absolute Gasteiger partial charge is 0.294 e. The topological polar surface area (TPSA) is 36.9 Å². The number of amidine groups is 1. The Balaban J connectivity index is 1.41. The van der Waals surface area contributed by atoms with Gasteiger partial charge in [0.2, 0.25) is 0 Å². The highest BCUT2D eigenvalue weighted by Gasteiger charge is 2.32. The van der Waals surface area contributed by atoms with Crippen LogP contribution < -0.4 is 5.32 Å². The van der Waals surface area contributed by atoms with Crippen molar-refractivity contribution in [3.63, 3.8) is 0 Å². The van der Waals surface area contributed by atoms with E-state index in [1.54, 1.807) is 0 Å². The standard InChI is InChI=1S/C22H25N3OS/c1-16-15-18-9-5-6-10-19(18)20(16)24-21-25(13-14-26-21)22(27)23-12-11-17-7-3-2-4-8-17/h2-10,16,20H,11-15H2,1H3,(H,23,27). The number of nitrogens with zero attached hydrogens (tertiary/aromatic N) is 2. The third-order valence-corrected chi connectivity index (χ3v) is 5.62. The van der Waals surface area contributed by atoms with Gasteiger partial charge in [0.15, 0.2) is 5.11 Å². The average molecular weight is 380 g/mol. The maximum Gasteiger partial charge on any atom is 0.294 e. The molecule has 1 aliphatic carbocycles. The maximum atomic E-state index is 5.83. The van der Waals surface area contributed by atoms with Crippen LogP contribution in [0.2, 0.25) is 0 Å². The van der Waals surface area contributed by atoms with Gasteiger partial charge in [-0.05, 0) is 47.7 Å². The average Bonchev–Trinajstić information content (AvgIpc) is 3.28. The summed E-state index contributed by atoms with van der Waals surface area (Å²) in [6, 6.07) is 19.8. The fraction of sp³-hybridized carbons (Fsp3) is 0.364. The lowest BCUT2D eigenvalue weighted by Crippen LogP contribution is -2.41. The Morgan fingerprint density at radius 2 is 1.96 bits per heavy atom. The van der Waals surface area contributed by atoms with Crippen LogP contribution in [0.3, 0.4) is 0 Å². The maximum absolute atomic E-state index is 5.83. The van der Waals surface area contributed by atoms with Crippen molar-refractivity contribution in [2.24, 2.45) is 10.9 Å². The van der Waals surface area contributed by atoms with Crippen molar-refractivity contribution in [3.05, 3.63) is 71.3 Å². The van der Waals surface area contributed by atoms with E-state index in [9.17, 15) is 0 Å². The van der Waals surface area contributed by atoms with Crippen molar-refractivity contribution in [2.45, 2.75) is 25.8 Å². The van der Waals surface area contributed by atoms with E-state index in [0.29, 0.717) is 23.7 Å². The van der Waals surface area contributed by atoms with Gasteiger partial charge in [-0.2, -0.15) is 0 Å². The number of hydrogen-bond acceptors (Lipinski definition) is 3. The highest BCUT2D eigenvalue weighted by molar-refractivity contribution is 7.80. The highest BCUT2D eigenvalue weighted by Crippen LogP contribution is 2.38. The van der Waals surface area contributed by atoms with Gasteiger partial charge >= 0.3 is 0 Å². The van der Waals surface area contributed by atoms with E-state index in [1.807, 2.05) is 11.0 Å². The highest BCUT2D eigenvalue weighted by atomic mass is 32.1. The molecule has 1 fully saturated rings. The molecule has 2 aromatic carbocycles. The lowest BCUT2D eigenvalue weighted by molar-refractivity contribution is 0.345. The van der Waals surface area contributed by atoms with E-state index in [0.717, 1.165) is 25.9 Å². The molecular formula is C22H25N3OS. The summed E-state index contributed by atoms with van der Waals surface area (Å²) in [5, 5.41) is 4.05. The second-order valence-electron chi connectivity index (χ2n) is 7.20. The summed E-state index contributed by atoms with van der Waals surface area (Å²) in [6.07, 6.45) is 2.01. The zero-order valence-corrected chi connectivity index (χ0v) is 16.4. The molecule has 27 heavy (non-hydrogen) atoms. The van der Waals surface area contributed by atoms with Crippen molar-refractivity contribution in [2.75, 3.05) is 19.7 Å². The van der Waals surface area contributed by atoms with Crippen LogP contribution in [0.15, 0.2) is 59.6 Å². The second-order valence-corrected chi connectivity index (χ2v) is 7.59. The number of thiocarbonyl (C=S) groups is 1. The monoisotopic (exact) mass is 379 g/mol. The summed E-state index contributed by atoms with van der Waals surface area (Å²) < 4.78 is 5.83. The van der Waals surface area contributed by atoms with Crippen molar-refractivity contribution >= 4 is 23.4 Å². The first-order valence-corrected chi connectivity index (χ1v) is 10.0. The minimum atomic E-state index is 0.143. The number of fused-ring (bicyclic) bond motifs is 1. The molecule has 0 bridgehead atoms. The van der Waals surface area contributed by atoms with Crippen LogP contribution in [-0.2, 0) is 17.6 Å². The molecule has 2 atom stereocenters. The van der Waals surface area contributed by atoms with E-state index < -0.39 is 0 Å². The van der Waals surface area contributed by atoms with Gasteiger partial charge in [0.05, 0.1) is 12.6 Å². The van der Waals surface area contributed by atoms with Crippen LogP contribution >= 0.6 is 12.2 Å². The quantitative estimate of drug-likeness (QED) is 0.822. The summed E-state index contributed by atoms with van der Waals surface area (Å²) in [7, 11) is 0.